The number of hydrogen-bond acceptors (Lipinski definition) is 4. The first kappa shape index (κ1) is 18.3. The minimum absolute atomic E-state index is 0.199. The average Bonchev–Trinajstić information content (AvgIpc) is 2.75. The van der Waals surface area contributed by atoms with Gasteiger partial charge in [-0.1, -0.05) is 35.9 Å². The summed E-state index contributed by atoms with van der Waals surface area (Å²) in [7, 11) is 0. The summed E-state index contributed by atoms with van der Waals surface area (Å²) in [6, 6.07) is 21.3. The Labute approximate surface area is 169 Å². The Morgan fingerprint density at radius 3 is 2.32 bits per heavy atom. The second-order valence-electron chi connectivity index (χ2n) is 6.68. The van der Waals surface area contributed by atoms with Gasteiger partial charge in [0.1, 0.15) is 5.82 Å². The number of amides is 1. The third-order valence-electron chi connectivity index (χ3n) is 4.82. The van der Waals surface area contributed by atoms with Crippen molar-refractivity contribution >= 4 is 34.7 Å². The van der Waals surface area contributed by atoms with Gasteiger partial charge in [-0.25, -0.2) is 4.98 Å². The van der Waals surface area contributed by atoms with E-state index in [-0.39, 0.29) is 5.91 Å². The van der Waals surface area contributed by atoms with E-state index in [9.17, 15) is 4.79 Å². The minimum atomic E-state index is -0.199. The summed E-state index contributed by atoms with van der Waals surface area (Å²) in [6.07, 6.45) is 1.62. The zero-order chi connectivity index (χ0) is 19.3. The van der Waals surface area contributed by atoms with Crippen molar-refractivity contribution in [3.05, 3.63) is 83.5 Å². The molecule has 28 heavy (non-hydrogen) atoms. The molecule has 1 aromatic heterocycles. The van der Waals surface area contributed by atoms with Gasteiger partial charge in [-0.3, -0.25) is 4.79 Å². The standard InChI is InChI=1S/C22H21ClN4O/c23-18-5-4-6-19(15-18)25-22(28)17-9-10-21(24-16-17)27-13-11-26(12-14-27)20-7-2-1-3-8-20/h1-10,15-16H,11-14H2,(H,25,28). The van der Waals surface area contributed by atoms with E-state index in [2.05, 4.69) is 44.4 Å². The molecule has 1 amide bonds. The summed E-state index contributed by atoms with van der Waals surface area (Å²) in [4.78, 5) is 21.5. The maximum Gasteiger partial charge on any atom is 0.257 e. The number of nitrogens with one attached hydrogen (secondary N) is 1. The van der Waals surface area contributed by atoms with Crippen molar-refractivity contribution in [2.45, 2.75) is 0 Å². The van der Waals surface area contributed by atoms with Gasteiger partial charge in [0.15, 0.2) is 0 Å². The number of aromatic nitrogens is 1. The number of piperazine rings is 1. The molecule has 3 aromatic rings. The molecule has 0 atom stereocenters. The molecule has 0 unspecified atom stereocenters. The van der Waals surface area contributed by atoms with Crippen LogP contribution in [0.1, 0.15) is 10.4 Å². The van der Waals surface area contributed by atoms with E-state index in [0.29, 0.717) is 16.3 Å². The maximum absolute atomic E-state index is 12.4. The number of benzene rings is 2. The highest BCUT2D eigenvalue weighted by molar-refractivity contribution is 6.30. The van der Waals surface area contributed by atoms with Crippen LogP contribution < -0.4 is 15.1 Å². The molecule has 0 bridgehead atoms. The highest BCUT2D eigenvalue weighted by Crippen LogP contribution is 2.20. The van der Waals surface area contributed by atoms with E-state index >= 15 is 0 Å². The summed E-state index contributed by atoms with van der Waals surface area (Å²) in [5.41, 5.74) is 2.44. The maximum atomic E-state index is 12.4. The topological polar surface area (TPSA) is 48.5 Å². The number of pyridine rings is 1. The second kappa shape index (κ2) is 8.31. The minimum Gasteiger partial charge on any atom is -0.368 e. The summed E-state index contributed by atoms with van der Waals surface area (Å²) < 4.78 is 0. The van der Waals surface area contributed by atoms with Crippen molar-refractivity contribution in [1.29, 1.82) is 0 Å². The Morgan fingerprint density at radius 1 is 0.893 bits per heavy atom. The van der Waals surface area contributed by atoms with Crippen LogP contribution in [0.2, 0.25) is 5.02 Å². The fourth-order valence-corrected chi connectivity index (χ4v) is 3.50. The van der Waals surface area contributed by atoms with Gasteiger partial charge in [-0.05, 0) is 42.5 Å². The third-order valence-corrected chi connectivity index (χ3v) is 5.05. The summed E-state index contributed by atoms with van der Waals surface area (Å²) >= 11 is 5.96. The predicted octanol–water partition coefficient (Wildman–Crippen LogP) is 4.31. The van der Waals surface area contributed by atoms with Crippen LogP contribution in [0, 0.1) is 0 Å². The molecule has 2 aromatic carbocycles. The lowest BCUT2D eigenvalue weighted by Gasteiger charge is -2.36. The normalized spacial score (nSPS) is 14.0. The van der Waals surface area contributed by atoms with E-state index < -0.39 is 0 Å². The Bertz CT molecular complexity index is 938. The molecule has 1 aliphatic heterocycles. The molecule has 1 saturated heterocycles. The van der Waals surface area contributed by atoms with Crippen LogP contribution in [0.15, 0.2) is 72.9 Å². The van der Waals surface area contributed by atoms with E-state index in [1.54, 1.807) is 30.5 Å². The van der Waals surface area contributed by atoms with Crippen LogP contribution in [0.4, 0.5) is 17.2 Å². The van der Waals surface area contributed by atoms with Crippen molar-refractivity contribution in [2.24, 2.45) is 0 Å². The molecule has 1 aliphatic rings. The second-order valence-corrected chi connectivity index (χ2v) is 7.12. The molecule has 142 valence electrons. The van der Waals surface area contributed by atoms with Crippen LogP contribution in [0.5, 0.6) is 0 Å². The molecular formula is C22H21ClN4O. The molecule has 6 heteroatoms. The van der Waals surface area contributed by atoms with Crippen LogP contribution >= 0.6 is 11.6 Å². The van der Waals surface area contributed by atoms with Gasteiger partial charge in [0.25, 0.3) is 5.91 Å². The van der Waals surface area contributed by atoms with Gasteiger partial charge in [0.05, 0.1) is 5.56 Å². The zero-order valence-electron chi connectivity index (χ0n) is 15.4. The number of carbonyl (C=O) groups excluding carboxylic acids is 1. The van der Waals surface area contributed by atoms with Gasteiger partial charge in [-0.15, -0.1) is 0 Å². The zero-order valence-corrected chi connectivity index (χ0v) is 16.1. The molecule has 2 heterocycles. The van der Waals surface area contributed by atoms with Crippen LogP contribution in [-0.4, -0.2) is 37.1 Å². The molecule has 1 N–H and O–H groups in total. The molecule has 0 aliphatic carbocycles. The lowest BCUT2D eigenvalue weighted by molar-refractivity contribution is 0.102. The van der Waals surface area contributed by atoms with Crippen LogP contribution in [0.25, 0.3) is 0 Å². The number of rotatable bonds is 4. The number of anilines is 3. The lowest BCUT2D eigenvalue weighted by atomic mass is 10.2. The van der Waals surface area contributed by atoms with Crippen molar-refractivity contribution < 1.29 is 4.79 Å². The van der Waals surface area contributed by atoms with E-state index in [1.165, 1.54) is 5.69 Å². The first-order valence-electron chi connectivity index (χ1n) is 9.27. The Morgan fingerprint density at radius 2 is 1.64 bits per heavy atom. The first-order valence-corrected chi connectivity index (χ1v) is 9.65. The van der Waals surface area contributed by atoms with Crippen LogP contribution in [0.3, 0.4) is 0 Å². The van der Waals surface area contributed by atoms with Gasteiger partial charge in [0.2, 0.25) is 0 Å². The van der Waals surface area contributed by atoms with Crippen molar-refractivity contribution in [1.82, 2.24) is 4.98 Å². The molecule has 0 radical (unpaired) electrons. The van der Waals surface area contributed by atoms with Gasteiger partial charge >= 0.3 is 0 Å². The highest BCUT2D eigenvalue weighted by Gasteiger charge is 2.18. The number of hydrogen-bond donors (Lipinski definition) is 1. The van der Waals surface area contributed by atoms with E-state index in [1.807, 2.05) is 18.2 Å². The smallest absolute Gasteiger partial charge is 0.257 e. The monoisotopic (exact) mass is 392 g/mol. The lowest BCUT2D eigenvalue weighted by Crippen LogP contribution is -2.46. The summed E-state index contributed by atoms with van der Waals surface area (Å²) in [6.45, 7) is 3.69. The number of para-hydroxylation sites is 1. The van der Waals surface area contributed by atoms with Gasteiger partial charge in [0, 0.05) is 48.8 Å². The molecule has 1 fully saturated rings. The Balaban J connectivity index is 1.36. The molecule has 5 nitrogen and oxygen atoms in total. The van der Waals surface area contributed by atoms with Gasteiger partial charge in [-0.2, -0.15) is 0 Å². The van der Waals surface area contributed by atoms with E-state index in [0.717, 1.165) is 32.0 Å². The quantitative estimate of drug-likeness (QED) is 0.718. The summed E-state index contributed by atoms with van der Waals surface area (Å²) in [5, 5.41) is 3.42. The largest absolute Gasteiger partial charge is 0.368 e. The number of carbonyl (C=O) groups is 1. The molecule has 0 spiro atoms. The Kier molecular flexibility index (Phi) is 5.44. The number of nitrogens with zero attached hydrogens (tertiary/aromatic N) is 3. The fourth-order valence-electron chi connectivity index (χ4n) is 3.31. The summed E-state index contributed by atoms with van der Waals surface area (Å²) in [5.74, 6) is 0.697. The predicted molar refractivity (Wildman–Crippen MR) is 115 cm³/mol. The molecular weight excluding hydrogens is 372 g/mol. The highest BCUT2D eigenvalue weighted by atomic mass is 35.5. The first-order chi connectivity index (χ1) is 13.7. The van der Waals surface area contributed by atoms with E-state index in [4.69, 9.17) is 11.6 Å². The molecule has 0 saturated carbocycles. The van der Waals surface area contributed by atoms with Gasteiger partial charge < -0.3 is 15.1 Å². The average molecular weight is 393 g/mol. The molecule has 4 rings (SSSR count). The van der Waals surface area contributed by atoms with Crippen molar-refractivity contribution in [2.75, 3.05) is 41.3 Å². The van der Waals surface area contributed by atoms with Crippen molar-refractivity contribution in [3.63, 3.8) is 0 Å². The number of halogens is 1. The fraction of sp³-hybridized carbons (Fsp3) is 0.182. The van der Waals surface area contributed by atoms with Crippen LogP contribution in [-0.2, 0) is 0 Å². The SMILES string of the molecule is O=C(Nc1cccc(Cl)c1)c1ccc(N2CCN(c3ccccc3)CC2)nc1. The Hall–Kier alpha value is -3.05. The third kappa shape index (κ3) is 4.26. The van der Waals surface area contributed by atoms with Crippen molar-refractivity contribution in [3.8, 4) is 0 Å².